The number of nitrogens with zero attached hydrogens (tertiary/aromatic N) is 2. The minimum Gasteiger partial charge on any atom is -0.354 e. The van der Waals surface area contributed by atoms with E-state index < -0.39 is 14.9 Å². The highest BCUT2D eigenvalue weighted by Crippen LogP contribution is 2.37. The molecule has 0 radical (unpaired) electrons. The molecule has 0 saturated heterocycles. The molecule has 7 nitrogen and oxygen atoms in total. The average Bonchev–Trinajstić information content (AvgIpc) is 2.30. The summed E-state index contributed by atoms with van der Waals surface area (Å²) >= 11 is 0. The molecule has 3 rings (SSSR count). The molecule has 2 aliphatic rings. The van der Waals surface area contributed by atoms with Crippen molar-refractivity contribution in [2.24, 2.45) is 0 Å². The molecule has 0 amide bonds. The first-order valence-electron chi connectivity index (χ1n) is 6.04. The quantitative estimate of drug-likeness (QED) is 0.650. The number of nitrogens with one attached hydrogen (secondary N) is 1. The molecule has 1 aromatic carbocycles. The lowest BCUT2D eigenvalue weighted by molar-refractivity contribution is -0.385. The SMILES string of the molecule is O=[N+]([O-])c1ccc2c(c1)S(=O)(=O)NCN2C1CCC1. The van der Waals surface area contributed by atoms with Gasteiger partial charge in [0, 0.05) is 18.2 Å². The Labute approximate surface area is 110 Å². The van der Waals surface area contributed by atoms with Gasteiger partial charge in [0.15, 0.2) is 0 Å². The number of rotatable bonds is 2. The predicted octanol–water partition coefficient (Wildman–Crippen LogP) is 1.20. The normalized spacial score (nSPS) is 21.6. The van der Waals surface area contributed by atoms with Crippen LogP contribution in [0.25, 0.3) is 0 Å². The van der Waals surface area contributed by atoms with E-state index in [1.807, 2.05) is 4.90 Å². The van der Waals surface area contributed by atoms with Crippen LogP contribution in [0.15, 0.2) is 23.1 Å². The molecule has 0 bridgehead atoms. The maximum atomic E-state index is 12.0. The monoisotopic (exact) mass is 283 g/mol. The van der Waals surface area contributed by atoms with Gasteiger partial charge in [-0.25, -0.2) is 8.42 Å². The van der Waals surface area contributed by atoms with Crippen molar-refractivity contribution in [2.45, 2.75) is 30.2 Å². The molecule has 1 saturated carbocycles. The van der Waals surface area contributed by atoms with E-state index in [9.17, 15) is 18.5 Å². The lowest BCUT2D eigenvalue weighted by Gasteiger charge is -2.42. The average molecular weight is 283 g/mol. The topological polar surface area (TPSA) is 92.5 Å². The van der Waals surface area contributed by atoms with Gasteiger partial charge >= 0.3 is 0 Å². The van der Waals surface area contributed by atoms with Crippen molar-refractivity contribution in [3.05, 3.63) is 28.3 Å². The second kappa shape index (κ2) is 4.17. The van der Waals surface area contributed by atoms with Crippen molar-refractivity contribution in [3.63, 3.8) is 0 Å². The van der Waals surface area contributed by atoms with E-state index in [0.29, 0.717) is 11.7 Å². The van der Waals surface area contributed by atoms with Crippen molar-refractivity contribution in [1.82, 2.24) is 4.72 Å². The molecule has 0 aromatic heterocycles. The van der Waals surface area contributed by atoms with Crippen LogP contribution in [0.2, 0.25) is 0 Å². The third kappa shape index (κ3) is 1.96. The van der Waals surface area contributed by atoms with E-state index in [1.54, 1.807) is 0 Å². The van der Waals surface area contributed by atoms with Gasteiger partial charge in [-0.1, -0.05) is 0 Å². The van der Waals surface area contributed by atoms with E-state index in [0.717, 1.165) is 25.3 Å². The third-order valence-corrected chi connectivity index (χ3v) is 5.11. The summed E-state index contributed by atoms with van der Waals surface area (Å²) in [6.45, 7) is 0.234. The zero-order chi connectivity index (χ0) is 13.6. The van der Waals surface area contributed by atoms with Gasteiger partial charge in [-0.3, -0.25) is 10.1 Å². The Hall–Kier alpha value is -1.67. The first-order chi connectivity index (χ1) is 8.99. The number of non-ortho nitro benzene ring substituents is 1. The van der Waals surface area contributed by atoms with Crippen LogP contribution < -0.4 is 9.62 Å². The summed E-state index contributed by atoms with van der Waals surface area (Å²) in [5, 5.41) is 10.8. The van der Waals surface area contributed by atoms with E-state index in [2.05, 4.69) is 4.72 Å². The van der Waals surface area contributed by atoms with Crippen LogP contribution in [-0.4, -0.2) is 26.1 Å². The molecule has 0 atom stereocenters. The van der Waals surface area contributed by atoms with Crippen LogP contribution >= 0.6 is 0 Å². The summed E-state index contributed by atoms with van der Waals surface area (Å²) in [5.41, 5.74) is 0.355. The van der Waals surface area contributed by atoms with Crippen LogP contribution in [0.5, 0.6) is 0 Å². The minimum atomic E-state index is -3.64. The number of fused-ring (bicyclic) bond motifs is 1. The van der Waals surface area contributed by atoms with Gasteiger partial charge in [-0.05, 0) is 25.3 Å². The molecule has 1 aliphatic heterocycles. The van der Waals surface area contributed by atoms with Crippen molar-refractivity contribution < 1.29 is 13.3 Å². The van der Waals surface area contributed by atoms with Gasteiger partial charge in [0.2, 0.25) is 10.0 Å². The van der Waals surface area contributed by atoms with Crippen molar-refractivity contribution in [3.8, 4) is 0 Å². The lowest BCUT2D eigenvalue weighted by Crippen LogP contribution is -2.50. The fourth-order valence-electron chi connectivity index (χ4n) is 2.41. The predicted molar refractivity (Wildman–Crippen MR) is 68.4 cm³/mol. The first-order valence-corrected chi connectivity index (χ1v) is 7.52. The summed E-state index contributed by atoms with van der Waals surface area (Å²) in [6, 6.07) is 4.33. The summed E-state index contributed by atoms with van der Waals surface area (Å²) < 4.78 is 26.4. The van der Waals surface area contributed by atoms with Crippen LogP contribution in [-0.2, 0) is 10.0 Å². The number of hydrogen-bond acceptors (Lipinski definition) is 5. The Balaban J connectivity index is 2.11. The number of sulfonamides is 1. The van der Waals surface area contributed by atoms with Crippen LogP contribution in [0.1, 0.15) is 19.3 Å². The van der Waals surface area contributed by atoms with E-state index in [4.69, 9.17) is 0 Å². The van der Waals surface area contributed by atoms with Crippen LogP contribution in [0.3, 0.4) is 0 Å². The van der Waals surface area contributed by atoms with Crippen LogP contribution in [0, 0.1) is 10.1 Å². The Morgan fingerprint density at radius 1 is 1.37 bits per heavy atom. The summed E-state index contributed by atoms with van der Waals surface area (Å²) in [5.74, 6) is 0. The van der Waals surface area contributed by atoms with Gasteiger partial charge in [0.25, 0.3) is 5.69 Å². The molecule has 1 N–H and O–H groups in total. The first kappa shape index (κ1) is 12.4. The van der Waals surface area contributed by atoms with Crippen molar-refractivity contribution in [1.29, 1.82) is 0 Å². The molecule has 8 heteroatoms. The molecule has 1 aromatic rings. The smallest absolute Gasteiger partial charge is 0.270 e. The zero-order valence-electron chi connectivity index (χ0n) is 10.1. The Morgan fingerprint density at radius 3 is 2.68 bits per heavy atom. The maximum absolute atomic E-state index is 12.0. The summed E-state index contributed by atoms with van der Waals surface area (Å²) in [4.78, 5) is 12.1. The third-order valence-electron chi connectivity index (χ3n) is 3.69. The Bertz CT molecular complexity index is 639. The molecule has 1 aliphatic carbocycles. The molecule has 1 fully saturated rings. The lowest BCUT2D eigenvalue weighted by atomic mass is 9.91. The number of nitro groups is 1. The highest BCUT2D eigenvalue weighted by molar-refractivity contribution is 7.89. The molecule has 0 spiro atoms. The second-order valence-corrected chi connectivity index (χ2v) is 6.50. The molecule has 1 heterocycles. The summed E-state index contributed by atoms with van der Waals surface area (Å²) in [6.07, 6.45) is 3.19. The highest BCUT2D eigenvalue weighted by atomic mass is 32.2. The van der Waals surface area contributed by atoms with Gasteiger partial charge in [0.05, 0.1) is 17.3 Å². The Kier molecular flexibility index (Phi) is 2.72. The molecule has 102 valence electrons. The van der Waals surface area contributed by atoms with Gasteiger partial charge in [-0.15, -0.1) is 0 Å². The largest absolute Gasteiger partial charge is 0.354 e. The van der Waals surface area contributed by atoms with Gasteiger partial charge < -0.3 is 4.90 Å². The standard InChI is InChI=1S/C11H13N3O4S/c15-14(16)9-4-5-10-11(6-9)19(17,18)12-7-13(10)8-2-1-3-8/h4-6,8,12H,1-3,7H2. The fourth-order valence-corrected chi connectivity index (χ4v) is 3.61. The van der Waals surface area contributed by atoms with E-state index in [-0.39, 0.29) is 17.3 Å². The number of benzene rings is 1. The van der Waals surface area contributed by atoms with E-state index in [1.165, 1.54) is 12.1 Å². The van der Waals surface area contributed by atoms with Gasteiger partial charge in [-0.2, -0.15) is 4.72 Å². The van der Waals surface area contributed by atoms with Crippen molar-refractivity contribution in [2.75, 3.05) is 11.6 Å². The maximum Gasteiger partial charge on any atom is 0.270 e. The summed E-state index contributed by atoms with van der Waals surface area (Å²) in [7, 11) is -3.64. The van der Waals surface area contributed by atoms with Crippen LogP contribution in [0.4, 0.5) is 11.4 Å². The Morgan fingerprint density at radius 2 is 2.11 bits per heavy atom. The minimum absolute atomic E-state index is 0.000139. The molecular weight excluding hydrogens is 270 g/mol. The van der Waals surface area contributed by atoms with Gasteiger partial charge in [0.1, 0.15) is 4.90 Å². The molecule has 0 unspecified atom stereocenters. The van der Waals surface area contributed by atoms with E-state index >= 15 is 0 Å². The fraction of sp³-hybridized carbons (Fsp3) is 0.455. The molecular formula is C11H13N3O4S. The number of anilines is 1. The molecule has 19 heavy (non-hydrogen) atoms. The second-order valence-electron chi connectivity index (χ2n) is 4.77. The van der Waals surface area contributed by atoms with Crippen molar-refractivity contribution >= 4 is 21.4 Å². The zero-order valence-corrected chi connectivity index (χ0v) is 10.9. The number of nitro benzene ring substituents is 1. The highest BCUT2D eigenvalue weighted by Gasteiger charge is 2.35. The number of hydrogen-bond donors (Lipinski definition) is 1.